The fourth-order valence-electron chi connectivity index (χ4n) is 14.2. The van der Waals surface area contributed by atoms with Crippen molar-refractivity contribution in [2.75, 3.05) is 14.7 Å². The van der Waals surface area contributed by atoms with Gasteiger partial charge in [0.2, 0.25) is 0 Å². The largest absolute Gasteiger partial charge is 0.334 e. The fourth-order valence-corrected chi connectivity index (χ4v) is 14.2. The lowest BCUT2D eigenvalue weighted by Gasteiger charge is -2.51. The average molecular weight is 940 g/mol. The minimum absolute atomic E-state index is 0.0318. The highest BCUT2D eigenvalue weighted by Crippen LogP contribution is 2.62. The van der Waals surface area contributed by atoms with Crippen LogP contribution in [0.15, 0.2) is 97.1 Å². The summed E-state index contributed by atoms with van der Waals surface area (Å²) in [5.41, 5.74) is 27.5. The standard InChI is InChI=1S/C67H82BN3/c1-41-33-58-60-59(34-41)70(54-27-22-45(36-43(54)3)62(7,8)9)57-40-49-48(64(13,14)31-32-65(49,15)16)39-52(57)68(60)51-25-24-47(38-56(51)69(58)53-26-21-44(35-42(53)2)61(4,5)6)71-55-28-23-46(63(10,11)12)37-50(55)66(17)29-19-20-30-67(66,71)18/h21-28,33-40H,19-20,29-32H2,1-18H3. The van der Waals surface area contributed by atoms with Crippen molar-refractivity contribution >= 4 is 68.6 Å². The highest BCUT2D eigenvalue weighted by Gasteiger charge is 2.58. The topological polar surface area (TPSA) is 9.72 Å². The van der Waals surface area contributed by atoms with Gasteiger partial charge in [0.05, 0.1) is 5.54 Å². The molecule has 0 N–H and O–H groups in total. The highest BCUT2D eigenvalue weighted by atomic mass is 15.3. The molecule has 3 heterocycles. The normalized spacial score (nSPS) is 21.8. The highest BCUT2D eigenvalue weighted by molar-refractivity contribution is 7.00. The van der Waals surface area contributed by atoms with E-state index in [1.165, 1.54) is 150 Å². The molecule has 368 valence electrons. The van der Waals surface area contributed by atoms with Gasteiger partial charge in [-0.05, 0) is 195 Å². The number of rotatable bonds is 3. The lowest BCUT2D eigenvalue weighted by Crippen LogP contribution is -2.62. The Morgan fingerprint density at radius 1 is 0.423 bits per heavy atom. The Bertz CT molecular complexity index is 3200. The Hall–Kier alpha value is -5.22. The van der Waals surface area contributed by atoms with E-state index < -0.39 is 0 Å². The van der Waals surface area contributed by atoms with Crippen LogP contribution in [0.25, 0.3) is 0 Å². The zero-order valence-electron chi connectivity index (χ0n) is 46.9. The number of aryl methyl sites for hydroxylation is 3. The summed E-state index contributed by atoms with van der Waals surface area (Å²) in [6.45, 7) is 43.3. The molecule has 6 aromatic carbocycles. The summed E-state index contributed by atoms with van der Waals surface area (Å²) < 4.78 is 0. The molecule has 0 bridgehead atoms. The molecule has 0 aromatic heterocycles. The summed E-state index contributed by atoms with van der Waals surface area (Å²) in [5, 5.41) is 0. The molecular formula is C67H82BN3. The monoisotopic (exact) mass is 940 g/mol. The van der Waals surface area contributed by atoms with E-state index in [0.717, 1.165) is 0 Å². The van der Waals surface area contributed by atoms with Crippen LogP contribution < -0.4 is 31.1 Å². The quantitative estimate of drug-likeness (QED) is 0.163. The molecule has 2 atom stereocenters. The molecule has 1 fully saturated rings. The van der Waals surface area contributed by atoms with E-state index in [1.807, 2.05) is 0 Å². The molecule has 0 radical (unpaired) electrons. The number of hydrogen-bond acceptors (Lipinski definition) is 3. The Morgan fingerprint density at radius 3 is 1.42 bits per heavy atom. The van der Waals surface area contributed by atoms with Crippen LogP contribution in [0.2, 0.25) is 0 Å². The minimum Gasteiger partial charge on any atom is -0.334 e. The summed E-state index contributed by atoms with van der Waals surface area (Å²) in [6, 6.07) is 40.2. The predicted octanol–water partition coefficient (Wildman–Crippen LogP) is 16.7. The zero-order chi connectivity index (χ0) is 50.9. The second-order valence-corrected chi connectivity index (χ2v) is 27.9. The van der Waals surface area contributed by atoms with Gasteiger partial charge in [0.15, 0.2) is 0 Å². The van der Waals surface area contributed by atoms with Crippen LogP contribution in [-0.2, 0) is 32.5 Å². The average Bonchev–Trinajstić information content (AvgIpc) is 3.49. The van der Waals surface area contributed by atoms with Gasteiger partial charge in [0, 0.05) is 50.9 Å². The van der Waals surface area contributed by atoms with Crippen molar-refractivity contribution in [1.29, 1.82) is 0 Å². The first-order valence-electron chi connectivity index (χ1n) is 27.3. The lowest BCUT2D eigenvalue weighted by molar-refractivity contribution is 0.195. The van der Waals surface area contributed by atoms with Crippen LogP contribution in [-0.4, -0.2) is 12.3 Å². The molecule has 4 heteroatoms. The van der Waals surface area contributed by atoms with E-state index in [1.54, 1.807) is 0 Å². The molecule has 0 spiro atoms. The van der Waals surface area contributed by atoms with Gasteiger partial charge in [-0.2, -0.15) is 0 Å². The maximum absolute atomic E-state index is 2.81. The molecule has 3 aliphatic heterocycles. The Kier molecular flexibility index (Phi) is 10.4. The van der Waals surface area contributed by atoms with Crippen molar-refractivity contribution in [3.05, 3.63) is 147 Å². The van der Waals surface area contributed by atoms with Gasteiger partial charge < -0.3 is 14.7 Å². The van der Waals surface area contributed by atoms with Gasteiger partial charge in [0.1, 0.15) is 0 Å². The third kappa shape index (κ3) is 7.09. The molecule has 1 saturated carbocycles. The second kappa shape index (κ2) is 15.4. The van der Waals surface area contributed by atoms with Crippen molar-refractivity contribution < 1.29 is 0 Å². The molecule has 3 nitrogen and oxygen atoms in total. The first-order chi connectivity index (χ1) is 33.0. The molecule has 11 rings (SSSR count). The van der Waals surface area contributed by atoms with E-state index >= 15 is 0 Å². The van der Waals surface area contributed by atoms with Crippen molar-refractivity contribution in [2.45, 2.75) is 201 Å². The van der Waals surface area contributed by atoms with Gasteiger partial charge in [0.25, 0.3) is 6.71 Å². The maximum Gasteiger partial charge on any atom is 0.252 e. The van der Waals surface area contributed by atoms with Crippen molar-refractivity contribution in [2.24, 2.45) is 0 Å². The second-order valence-electron chi connectivity index (χ2n) is 27.9. The van der Waals surface area contributed by atoms with Crippen LogP contribution >= 0.6 is 0 Å². The van der Waals surface area contributed by atoms with Crippen molar-refractivity contribution in [3.63, 3.8) is 0 Å². The van der Waals surface area contributed by atoms with Crippen molar-refractivity contribution in [3.8, 4) is 0 Å². The number of hydrogen-bond donors (Lipinski definition) is 0. The van der Waals surface area contributed by atoms with Crippen LogP contribution in [0.5, 0.6) is 0 Å². The first-order valence-corrected chi connectivity index (χ1v) is 27.3. The van der Waals surface area contributed by atoms with E-state index in [0.29, 0.717) is 0 Å². The smallest absolute Gasteiger partial charge is 0.252 e. The lowest BCUT2D eigenvalue weighted by atomic mass is 9.33. The maximum atomic E-state index is 2.81. The predicted molar refractivity (Wildman–Crippen MR) is 309 cm³/mol. The summed E-state index contributed by atoms with van der Waals surface area (Å²) in [6.07, 6.45) is 7.25. The molecule has 71 heavy (non-hydrogen) atoms. The van der Waals surface area contributed by atoms with E-state index in [-0.39, 0.29) is 44.7 Å². The summed E-state index contributed by atoms with van der Waals surface area (Å²) in [4.78, 5) is 8.18. The molecule has 0 amide bonds. The number of nitrogens with zero attached hydrogens (tertiary/aromatic N) is 3. The van der Waals surface area contributed by atoms with Gasteiger partial charge in [-0.1, -0.05) is 158 Å². The third-order valence-electron chi connectivity index (χ3n) is 19.0. The Balaban J connectivity index is 1.23. The Morgan fingerprint density at radius 2 is 0.901 bits per heavy atom. The summed E-state index contributed by atoms with van der Waals surface area (Å²) in [7, 11) is 0. The van der Waals surface area contributed by atoms with E-state index in [9.17, 15) is 0 Å². The number of anilines is 8. The van der Waals surface area contributed by atoms with Gasteiger partial charge in [-0.3, -0.25) is 0 Å². The summed E-state index contributed by atoms with van der Waals surface area (Å²) >= 11 is 0. The van der Waals surface area contributed by atoms with E-state index in [4.69, 9.17) is 0 Å². The molecule has 0 saturated heterocycles. The van der Waals surface area contributed by atoms with Crippen LogP contribution in [0.1, 0.15) is 192 Å². The van der Waals surface area contributed by atoms with Gasteiger partial charge in [-0.15, -0.1) is 0 Å². The molecule has 5 aliphatic rings. The molecule has 6 aromatic rings. The SMILES string of the molecule is Cc1cc2c3c(c1)N(c1ccc(C(C)(C)C)cc1C)c1cc4c(cc1B3c1ccc(N3c5ccc(C(C)(C)C)cc5C5(C)CCCCC35C)cc1N2c1ccc(C(C)(C)C)cc1C)C(C)(C)CCC4(C)C. The minimum atomic E-state index is -0.0699. The van der Waals surface area contributed by atoms with Crippen LogP contribution in [0, 0.1) is 20.8 Å². The number of benzene rings is 6. The Labute approximate surface area is 429 Å². The third-order valence-corrected chi connectivity index (χ3v) is 19.0. The van der Waals surface area contributed by atoms with Crippen molar-refractivity contribution in [1.82, 2.24) is 0 Å². The van der Waals surface area contributed by atoms with Gasteiger partial charge >= 0.3 is 0 Å². The molecule has 2 unspecified atom stereocenters. The molecular weight excluding hydrogens is 858 g/mol. The first kappa shape index (κ1) is 48.1. The number of fused-ring (bicyclic) bond motifs is 8. The molecule has 2 aliphatic carbocycles. The van der Waals surface area contributed by atoms with Crippen LogP contribution in [0.3, 0.4) is 0 Å². The van der Waals surface area contributed by atoms with Gasteiger partial charge in [-0.25, -0.2) is 0 Å². The van der Waals surface area contributed by atoms with Crippen LogP contribution in [0.4, 0.5) is 45.5 Å². The fraction of sp³-hybridized carbons (Fsp3) is 0.463. The van der Waals surface area contributed by atoms with E-state index in [2.05, 4.69) is 236 Å². The zero-order valence-corrected chi connectivity index (χ0v) is 46.9. The summed E-state index contributed by atoms with van der Waals surface area (Å²) in [5.74, 6) is 0.